The molecule has 0 saturated carbocycles. The predicted molar refractivity (Wildman–Crippen MR) is 37.7 cm³/mol. The molecule has 56 valence electrons. The van der Waals surface area contributed by atoms with Crippen molar-refractivity contribution < 1.29 is 9.53 Å². The molecule has 0 unspecified atom stereocenters. The maximum Gasteiger partial charge on any atom is 0.410 e. The Kier molecular flexibility index (Phi) is 1.94. The third-order valence-corrected chi connectivity index (χ3v) is 1.39. The van der Waals surface area contributed by atoms with Gasteiger partial charge in [0.05, 0.1) is 6.54 Å². The summed E-state index contributed by atoms with van der Waals surface area (Å²) in [7, 11) is 0. The normalized spacial score (nSPS) is 24.7. The molecule has 0 aromatic rings. The van der Waals surface area contributed by atoms with Crippen molar-refractivity contribution in [1.29, 1.82) is 0 Å². The zero-order valence-corrected chi connectivity index (χ0v) is 6.04. The van der Waals surface area contributed by atoms with E-state index in [-0.39, 0.29) is 12.2 Å². The van der Waals surface area contributed by atoms with Gasteiger partial charge < -0.3 is 9.64 Å². The van der Waals surface area contributed by atoms with Crippen LogP contribution in [0.4, 0.5) is 4.79 Å². The van der Waals surface area contributed by atoms with Crippen LogP contribution >= 0.6 is 0 Å². The monoisotopic (exact) mass is 141 g/mol. The quantitative estimate of drug-likeness (QED) is 0.537. The zero-order chi connectivity index (χ0) is 7.56. The van der Waals surface area contributed by atoms with Crippen LogP contribution in [0.15, 0.2) is 12.7 Å². The van der Waals surface area contributed by atoms with Crippen LogP contribution in [0.2, 0.25) is 0 Å². The SMILES string of the molecule is C=CCN1C[C@@H](C)OC1=O. The van der Waals surface area contributed by atoms with E-state index < -0.39 is 0 Å². The second-order valence-electron chi connectivity index (χ2n) is 2.39. The molecule has 0 N–H and O–H groups in total. The van der Waals surface area contributed by atoms with Crippen LogP contribution in [0.5, 0.6) is 0 Å². The Labute approximate surface area is 60.3 Å². The summed E-state index contributed by atoms with van der Waals surface area (Å²) in [4.78, 5) is 12.5. The van der Waals surface area contributed by atoms with E-state index in [9.17, 15) is 4.79 Å². The van der Waals surface area contributed by atoms with Crippen molar-refractivity contribution in [2.75, 3.05) is 13.1 Å². The first-order chi connectivity index (χ1) is 4.74. The summed E-state index contributed by atoms with van der Waals surface area (Å²) in [5.74, 6) is 0. The molecule has 0 spiro atoms. The fraction of sp³-hybridized carbons (Fsp3) is 0.571. The number of cyclic esters (lactones) is 1. The van der Waals surface area contributed by atoms with Gasteiger partial charge in [0.25, 0.3) is 0 Å². The lowest BCUT2D eigenvalue weighted by atomic mass is 10.4. The summed E-state index contributed by atoms with van der Waals surface area (Å²) in [6.07, 6.45) is 1.50. The molecule has 1 atom stereocenters. The summed E-state index contributed by atoms with van der Waals surface area (Å²) < 4.78 is 4.87. The Morgan fingerprint density at radius 2 is 2.70 bits per heavy atom. The van der Waals surface area contributed by atoms with Gasteiger partial charge in [-0.25, -0.2) is 4.79 Å². The number of rotatable bonds is 2. The fourth-order valence-corrected chi connectivity index (χ4v) is 0.974. The molecule has 1 rings (SSSR count). The lowest BCUT2D eigenvalue weighted by Crippen LogP contribution is -2.24. The van der Waals surface area contributed by atoms with Crippen LogP contribution in [0.3, 0.4) is 0 Å². The van der Waals surface area contributed by atoms with Crippen molar-refractivity contribution in [1.82, 2.24) is 4.90 Å². The highest BCUT2D eigenvalue weighted by Gasteiger charge is 2.26. The van der Waals surface area contributed by atoms with Crippen molar-refractivity contribution in [2.24, 2.45) is 0 Å². The van der Waals surface area contributed by atoms with Crippen LogP contribution in [-0.4, -0.2) is 30.2 Å². The number of nitrogens with zero attached hydrogens (tertiary/aromatic N) is 1. The zero-order valence-electron chi connectivity index (χ0n) is 6.04. The van der Waals surface area contributed by atoms with Crippen molar-refractivity contribution >= 4 is 6.09 Å². The van der Waals surface area contributed by atoms with Gasteiger partial charge in [0.15, 0.2) is 0 Å². The van der Waals surface area contributed by atoms with Crippen molar-refractivity contribution in [3.05, 3.63) is 12.7 Å². The van der Waals surface area contributed by atoms with Gasteiger partial charge in [0, 0.05) is 6.54 Å². The molecule has 0 bridgehead atoms. The van der Waals surface area contributed by atoms with Gasteiger partial charge in [-0.15, -0.1) is 6.58 Å². The fourth-order valence-electron chi connectivity index (χ4n) is 0.974. The molecule has 1 amide bonds. The molecule has 0 aromatic carbocycles. The first kappa shape index (κ1) is 7.12. The molecule has 1 aliphatic rings. The van der Waals surface area contributed by atoms with E-state index in [2.05, 4.69) is 6.58 Å². The van der Waals surface area contributed by atoms with Crippen molar-refractivity contribution in [3.63, 3.8) is 0 Å². The average Bonchev–Trinajstić information content (AvgIpc) is 2.13. The summed E-state index contributed by atoms with van der Waals surface area (Å²) in [5.41, 5.74) is 0. The molecule has 0 aromatic heterocycles. The number of ether oxygens (including phenoxy) is 1. The summed E-state index contributed by atoms with van der Waals surface area (Å²) in [6, 6.07) is 0. The van der Waals surface area contributed by atoms with Crippen LogP contribution < -0.4 is 0 Å². The van der Waals surface area contributed by atoms with Crippen LogP contribution in [0, 0.1) is 0 Å². The molecule has 3 heteroatoms. The molecular formula is C7H11NO2. The van der Waals surface area contributed by atoms with Gasteiger partial charge in [0.2, 0.25) is 0 Å². The number of carbonyl (C=O) groups is 1. The Morgan fingerprint density at radius 3 is 3.10 bits per heavy atom. The number of hydrogen-bond donors (Lipinski definition) is 0. The van der Waals surface area contributed by atoms with Gasteiger partial charge >= 0.3 is 6.09 Å². The molecule has 1 fully saturated rings. The molecular weight excluding hydrogens is 130 g/mol. The van der Waals surface area contributed by atoms with Crippen molar-refractivity contribution in [3.8, 4) is 0 Å². The van der Waals surface area contributed by atoms with Crippen LogP contribution in [0.1, 0.15) is 6.92 Å². The van der Waals surface area contributed by atoms with E-state index in [1.807, 2.05) is 6.92 Å². The second-order valence-corrected chi connectivity index (χ2v) is 2.39. The van der Waals surface area contributed by atoms with Crippen LogP contribution in [0.25, 0.3) is 0 Å². The summed E-state index contributed by atoms with van der Waals surface area (Å²) in [5, 5.41) is 0. The van der Waals surface area contributed by atoms with E-state index in [4.69, 9.17) is 4.74 Å². The van der Waals surface area contributed by atoms with Crippen LogP contribution in [-0.2, 0) is 4.74 Å². The molecule has 0 aliphatic carbocycles. The maximum atomic E-state index is 10.8. The first-order valence-corrected chi connectivity index (χ1v) is 3.30. The molecule has 0 radical (unpaired) electrons. The Morgan fingerprint density at radius 1 is 2.00 bits per heavy atom. The second kappa shape index (κ2) is 2.73. The summed E-state index contributed by atoms with van der Waals surface area (Å²) >= 11 is 0. The van der Waals surface area contributed by atoms with E-state index in [0.717, 1.165) is 0 Å². The highest BCUT2D eigenvalue weighted by molar-refractivity contribution is 5.69. The molecule has 10 heavy (non-hydrogen) atoms. The largest absolute Gasteiger partial charge is 0.444 e. The van der Waals surface area contributed by atoms with E-state index >= 15 is 0 Å². The molecule has 1 aliphatic heterocycles. The molecule has 3 nitrogen and oxygen atoms in total. The maximum absolute atomic E-state index is 10.8. The van der Waals surface area contributed by atoms with Gasteiger partial charge in [0.1, 0.15) is 6.10 Å². The average molecular weight is 141 g/mol. The Bertz CT molecular complexity index is 156. The van der Waals surface area contributed by atoms with E-state index in [0.29, 0.717) is 13.1 Å². The molecule has 1 heterocycles. The third-order valence-electron chi connectivity index (χ3n) is 1.39. The van der Waals surface area contributed by atoms with E-state index in [1.54, 1.807) is 11.0 Å². The van der Waals surface area contributed by atoms with Crippen molar-refractivity contribution in [2.45, 2.75) is 13.0 Å². The predicted octanol–water partition coefficient (Wildman–Crippen LogP) is 1.01. The Hall–Kier alpha value is -0.990. The number of hydrogen-bond acceptors (Lipinski definition) is 2. The smallest absolute Gasteiger partial charge is 0.410 e. The highest BCUT2D eigenvalue weighted by Crippen LogP contribution is 2.09. The lowest BCUT2D eigenvalue weighted by Gasteiger charge is -2.07. The minimum Gasteiger partial charge on any atom is -0.444 e. The number of carbonyl (C=O) groups excluding carboxylic acids is 1. The lowest BCUT2D eigenvalue weighted by molar-refractivity contribution is 0.139. The molecule has 1 saturated heterocycles. The highest BCUT2D eigenvalue weighted by atomic mass is 16.6. The number of amides is 1. The first-order valence-electron chi connectivity index (χ1n) is 3.30. The van der Waals surface area contributed by atoms with E-state index in [1.165, 1.54) is 0 Å². The van der Waals surface area contributed by atoms with Gasteiger partial charge in [-0.2, -0.15) is 0 Å². The Balaban J connectivity index is 2.46. The van der Waals surface area contributed by atoms with Gasteiger partial charge in [-0.05, 0) is 6.92 Å². The standard InChI is InChI=1S/C7H11NO2/c1-3-4-8-5-6(2)10-7(8)9/h3,6H,1,4-5H2,2H3/t6-/m1/s1. The van der Waals surface area contributed by atoms with Gasteiger partial charge in [-0.3, -0.25) is 0 Å². The summed E-state index contributed by atoms with van der Waals surface area (Å²) in [6.45, 7) is 6.68. The third kappa shape index (κ3) is 1.29. The minimum atomic E-state index is -0.229. The van der Waals surface area contributed by atoms with Gasteiger partial charge in [-0.1, -0.05) is 6.08 Å². The minimum absolute atomic E-state index is 0.0347. The topological polar surface area (TPSA) is 29.5 Å².